The lowest BCUT2D eigenvalue weighted by molar-refractivity contribution is 0.0523. The van der Waals surface area contributed by atoms with Gasteiger partial charge in [0.1, 0.15) is 5.60 Å². The van der Waals surface area contributed by atoms with Crippen LogP contribution in [-0.2, 0) is 17.8 Å². The third kappa shape index (κ3) is 6.82. The predicted octanol–water partition coefficient (Wildman–Crippen LogP) is 2.77. The van der Waals surface area contributed by atoms with E-state index < -0.39 is 5.60 Å². The minimum absolute atomic E-state index is 0.384. The topological polar surface area (TPSA) is 41.6 Å². The highest BCUT2D eigenvalue weighted by molar-refractivity contribution is 5.67. The molecule has 4 heteroatoms. The van der Waals surface area contributed by atoms with Crippen molar-refractivity contribution in [3.8, 4) is 0 Å². The molecule has 0 saturated heterocycles. The zero-order valence-corrected chi connectivity index (χ0v) is 12.5. The van der Waals surface area contributed by atoms with Crippen molar-refractivity contribution in [3.05, 3.63) is 35.4 Å². The van der Waals surface area contributed by atoms with Gasteiger partial charge in [-0.25, -0.2) is 4.79 Å². The Balaban J connectivity index is 2.44. The molecule has 0 bridgehead atoms. The van der Waals surface area contributed by atoms with Crippen molar-refractivity contribution in [3.63, 3.8) is 0 Å². The minimum Gasteiger partial charge on any atom is -0.444 e. The molecule has 0 aromatic heterocycles. The molecule has 0 saturated carbocycles. The smallest absolute Gasteiger partial charge is 0.407 e. The number of hydrogen-bond donors (Lipinski definition) is 1. The molecular weight excluding hydrogens is 240 g/mol. The van der Waals surface area contributed by atoms with Crippen LogP contribution < -0.4 is 5.32 Å². The first-order valence-corrected chi connectivity index (χ1v) is 6.46. The molecule has 0 heterocycles. The normalized spacial score (nSPS) is 11.5. The molecular formula is C15H24N2O2. The molecule has 0 aliphatic heterocycles. The Morgan fingerprint density at radius 2 is 1.68 bits per heavy atom. The molecule has 4 nitrogen and oxygen atoms in total. The number of benzene rings is 1. The summed E-state index contributed by atoms with van der Waals surface area (Å²) in [5, 5.41) is 2.74. The van der Waals surface area contributed by atoms with Crippen molar-refractivity contribution < 1.29 is 9.53 Å². The van der Waals surface area contributed by atoms with Crippen LogP contribution in [0.2, 0.25) is 0 Å². The molecule has 1 aromatic rings. The van der Waals surface area contributed by atoms with Crippen LogP contribution in [0.4, 0.5) is 4.79 Å². The van der Waals surface area contributed by atoms with E-state index in [2.05, 4.69) is 22.3 Å². The first-order chi connectivity index (χ1) is 8.76. The molecule has 0 fully saturated rings. The molecule has 1 rings (SSSR count). The van der Waals surface area contributed by atoms with Crippen LogP contribution in [0, 0.1) is 0 Å². The number of carbonyl (C=O) groups excluding carboxylic acids is 1. The lowest BCUT2D eigenvalue weighted by atomic mass is 10.1. The van der Waals surface area contributed by atoms with Gasteiger partial charge >= 0.3 is 6.09 Å². The largest absolute Gasteiger partial charge is 0.444 e. The Kier molecular flexibility index (Phi) is 5.36. The Bertz CT molecular complexity index is 405. The summed E-state index contributed by atoms with van der Waals surface area (Å²) in [7, 11) is 4.08. The van der Waals surface area contributed by atoms with Crippen LogP contribution in [0.25, 0.3) is 0 Å². The lowest BCUT2D eigenvalue weighted by Gasteiger charge is -2.19. The number of nitrogens with one attached hydrogen (secondary N) is 1. The van der Waals surface area contributed by atoms with E-state index in [0.29, 0.717) is 6.54 Å². The number of amides is 1. The Hall–Kier alpha value is -1.55. The van der Waals surface area contributed by atoms with Gasteiger partial charge in [-0.05, 0) is 46.0 Å². The Morgan fingerprint density at radius 3 is 2.16 bits per heavy atom. The SMILES string of the molecule is CN(C)Cc1ccc(CNC(=O)OC(C)(C)C)cc1. The molecule has 0 radical (unpaired) electrons. The molecule has 0 aliphatic rings. The molecule has 0 unspecified atom stereocenters. The van der Waals surface area contributed by atoms with Gasteiger partial charge in [0.2, 0.25) is 0 Å². The number of nitrogens with zero attached hydrogens (tertiary/aromatic N) is 1. The van der Waals surface area contributed by atoms with Crippen LogP contribution in [0.15, 0.2) is 24.3 Å². The fraction of sp³-hybridized carbons (Fsp3) is 0.533. The first kappa shape index (κ1) is 15.5. The molecule has 0 aliphatic carbocycles. The highest BCUT2D eigenvalue weighted by Gasteiger charge is 2.15. The average molecular weight is 264 g/mol. The second-order valence-corrected chi connectivity index (χ2v) is 5.91. The van der Waals surface area contributed by atoms with Crippen molar-refractivity contribution in [1.29, 1.82) is 0 Å². The van der Waals surface area contributed by atoms with Crippen LogP contribution in [0.1, 0.15) is 31.9 Å². The summed E-state index contributed by atoms with van der Waals surface area (Å²) in [5.74, 6) is 0. The number of alkyl carbamates (subject to hydrolysis) is 1. The van der Waals surface area contributed by atoms with E-state index >= 15 is 0 Å². The summed E-state index contributed by atoms with van der Waals surface area (Å²) in [6.07, 6.45) is -0.384. The Labute approximate surface area is 115 Å². The van der Waals surface area contributed by atoms with E-state index in [4.69, 9.17) is 4.74 Å². The second kappa shape index (κ2) is 6.57. The average Bonchev–Trinajstić information content (AvgIpc) is 2.25. The van der Waals surface area contributed by atoms with Crippen molar-refractivity contribution in [2.45, 2.75) is 39.5 Å². The van der Waals surface area contributed by atoms with E-state index in [-0.39, 0.29) is 6.09 Å². The number of rotatable bonds is 4. The zero-order chi connectivity index (χ0) is 14.5. The monoisotopic (exact) mass is 264 g/mol. The van der Waals surface area contributed by atoms with Gasteiger partial charge in [-0.2, -0.15) is 0 Å². The van der Waals surface area contributed by atoms with Gasteiger partial charge in [0.15, 0.2) is 0 Å². The predicted molar refractivity (Wildman–Crippen MR) is 76.9 cm³/mol. The number of ether oxygens (including phenoxy) is 1. The van der Waals surface area contributed by atoms with Crippen molar-refractivity contribution in [1.82, 2.24) is 10.2 Å². The van der Waals surface area contributed by atoms with Gasteiger partial charge in [0.05, 0.1) is 0 Å². The summed E-state index contributed by atoms with van der Waals surface area (Å²) in [6.45, 7) is 6.95. The summed E-state index contributed by atoms with van der Waals surface area (Å²) < 4.78 is 5.18. The van der Waals surface area contributed by atoms with Crippen LogP contribution >= 0.6 is 0 Å². The Morgan fingerprint density at radius 1 is 1.16 bits per heavy atom. The van der Waals surface area contributed by atoms with Crippen LogP contribution in [0.3, 0.4) is 0 Å². The molecule has 0 atom stereocenters. The lowest BCUT2D eigenvalue weighted by Crippen LogP contribution is -2.32. The zero-order valence-electron chi connectivity index (χ0n) is 12.5. The van der Waals surface area contributed by atoms with Crippen molar-refractivity contribution in [2.24, 2.45) is 0 Å². The van der Waals surface area contributed by atoms with E-state index in [1.54, 1.807) is 0 Å². The molecule has 1 N–H and O–H groups in total. The first-order valence-electron chi connectivity index (χ1n) is 6.46. The standard InChI is InChI=1S/C15H24N2O2/c1-15(2,3)19-14(18)16-10-12-6-8-13(9-7-12)11-17(4)5/h6-9H,10-11H2,1-5H3,(H,16,18). The fourth-order valence-corrected chi connectivity index (χ4v) is 1.62. The maximum absolute atomic E-state index is 11.5. The third-order valence-electron chi connectivity index (χ3n) is 2.36. The summed E-state index contributed by atoms with van der Waals surface area (Å²) >= 11 is 0. The fourth-order valence-electron chi connectivity index (χ4n) is 1.62. The van der Waals surface area contributed by atoms with E-state index in [0.717, 1.165) is 12.1 Å². The van der Waals surface area contributed by atoms with E-state index in [9.17, 15) is 4.79 Å². The third-order valence-corrected chi connectivity index (χ3v) is 2.36. The van der Waals surface area contributed by atoms with Crippen LogP contribution in [-0.4, -0.2) is 30.7 Å². The van der Waals surface area contributed by atoms with Crippen molar-refractivity contribution >= 4 is 6.09 Å². The summed E-state index contributed by atoms with van der Waals surface area (Å²) in [4.78, 5) is 13.6. The van der Waals surface area contributed by atoms with Crippen LogP contribution in [0.5, 0.6) is 0 Å². The van der Waals surface area contributed by atoms with Gasteiger partial charge < -0.3 is 15.0 Å². The highest BCUT2D eigenvalue weighted by Crippen LogP contribution is 2.08. The maximum atomic E-state index is 11.5. The quantitative estimate of drug-likeness (QED) is 0.909. The number of hydrogen-bond acceptors (Lipinski definition) is 3. The van der Waals surface area contributed by atoms with Gasteiger partial charge in [-0.15, -0.1) is 0 Å². The van der Waals surface area contributed by atoms with Gasteiger partial charge in [0.25, 0.3) is 0 Å². The number of carbonyl (C=O) groups is 1. The molecule has 106 valence electrons. The summed E-state index contributed by atoms with van der Waals surface area (Å²) in [5.41, 5.74) is 1.86. The summed E-state index contributed by atoms with van der Waals surface area (Å²) in [6, 6.07) is 8.20. The van der Waals surface area contributed by atoms with Gasteiger partial charge in [-0.3, -0.25) is 0 Å². The van der Waals surface area contributed by atoms with Crippen molar-refractivity contribution in [2.75, 3.05) is 14.1 Å². The van der Waals surface area contributed by atoms with E-state index in [1.165, 1.54) is 5.56 Å². The van der Waals surface area contributed by atoms with Gasteiger partial charge in [0, 0.05) is 13.1 Å². The van der Waals surface area contributed by atoms with Gasteiger partial charge in [-0.1, -0.05) is 24.3 Å². The molecule has 0 spiro atoms. The molecule has 1 amide bonds. The second-order valence-electron chi connectivity index (χ2n) is 5.91. The van der Waals surface area contributed by atoms with E-state index in [1.807, 2.05) is 47.0 Å². The maximum Gasteiger partial charge on any atom is 0.407 e. The highest BCUT2D eigenvalue weighted by atomic mass is 16.6. The molecule has 1 aromatic carbocycles. The molecule has 19 heavy (non-hydrogen) atoms. The minimum atomic E-state index is -0.459.